The van der Waals surface area contributed by atoms with Gasteiger partial charge in [-0.2, -0.15) is 0 Å². The fraction of sp³-hybridized carbons (Fsp3) is 0.400. The van der Waals surface area contributed by atoms with Gasteiger partial charge in [0.2, 0.25) is 0 Å². The summed E-state index contributed by atoms with van der Waals surface area (Å²) in [5, 5.41) is 3.28. The van der Waals surface area contributed by atoms with E-state index in [2.05, 4.69) is 15.0 Å². The number of esters is 1. The molecule has 114 valence electrons. The molecule has 0 fully saturated rings. The summed E-state index contributed by atoms with van der Waals surface area (Å²) < 4.78 is 15.3. The fourth-order valence-electron chi connectivity index (χ4n) is 1.86. The summed E-state index contributed by atoms with van der Waals surface area (Å²) in [5.74, 6) is 0.484. The highest BCUT2D eigenvalue weighted by molar-refractivity contribution is 5.87. The van der Waals surface area contributed by atoms with Crippen molar-refractivity contribution >= 4 is 5.97 Å². The zero-order chi connectivity index (χ0) is 14.9. The highest BCUT2D eigenvalue weighted by Gasteiger charge is 2.07. The van der Waals surface area contributed by atoms with Gasteiger partial charge in [-0.25, -0.2) is 4.79 Å². The van der Waals surface area contributed by atoms with Crippen LogP contribution in [0.3, 0.4) is 0 Å². The highest BCUT2D eigenvalue weighted by Crippen LogP contribution is 2.03. The zero-order valence-corrected chi connectivity index (χ0v) is 12.1. The maximum Gasteiger partial charge on any atom is 0.354 e. The number of rotatable bonds is 9. The van der Waals surface area contributed by atoms with E-state index in [1.807, 2.05) is 18.2 Å². The molecule has 0 unspecified atom stereocenters. The number of hydrogen-bond donors (Lipinski definition) is 2. The molecule has 0 aliphatic heterocycles. The first-order valence-electron chi connectivity index (χ1n) is 6.86. The molecule has 0 saturated carbocycles. The van der Waals surface area contributed by atoms with Crippen molar-refractivity contribution in [2.45, 2.75) is 19.6 Å². The second-order valence-corrected chi connectivity index (χ2v) is 4.55. The van der Waals surface area contributed by atoms with E-state index in [0.717, 1.165) is 24.4 Å². The summed E-state index contributed by atoms with van der Waals surface area (Å²) in [6, 6.07) is 7.32. The van der Waals surface area contributed by atoms with Crippen molar-refractivity contribution in [3.63, 3.8) is 0 Å². The van der Waals surface area contributed by atoms with Gasteiger partial charge in [0.25, 0.3) is 0 Å². The third-order valence-electron chi connectivity index (χ3n) is 2.93. The number of nitrogens with one attached hydrogen (secondary N) is 2. The SMILES string of the molecule is COC(=O)c1ccc(CNCCCOCc2ccco2)[nH]1. The Kier molecular flexibility index (Phi) is 6.05. The smallest absolute Gasteiger partial charge is 0.354 e. The van der Waals surface area contributed by atoms with E-state index in [1.54, 1.807) is 12.3 Å². The predicted molar refractivity (Wildman–Crippen MR) is 76.8 cm³/mol. The number of carbonyl (C=O) groups excluding carboxylic acids is 1. The molecule has 6 heteroatoms. The van der Waals surface area contributed by atoms with Gasteiger partial charge in [-0.05, 0) is 37.2 Å². The molecule has 2 aromatic rings. The van der Waals surface area contributed by atoms with E-state index in [9.17, 15) is 4.79 Å². The van der Waals surface area contributed by atoms with E-state index >= 15 is 0 Å². The Labute approximate surface area is 123 Å². The Morgan fingerprint density at radius 1 is 1.38 bits per heavy atom. The topological polar surface area (TPSA) is 76.5 Å². The summed E-state index contributed by atoms with van der Waals surface area (Å²) in [5.41, 5.74) is 1.42. The maximum atomic E-state index is 11.3. The van der Waals surface area contributed by atoms with Crippen molar-refractivity contribution in [2.24, 2.45) is 0 Å². The number of H-pyrrole nitrogens is 1. The largest absolute Gasteiger partial charge is 0.467 e. The van der Waals surface area contributed by atoms with Crippen LogP contribution < -0.4 is 5.32 Å². The lowest BCUT2D eigenvalue weighted by Crippen LogP contribution is -2.16. The molecule has 2 N–H and O–H groups in total. The standard InChI is InChI=1S/C15H20N2O4/c1-19-15(18)14-6-5-12(17-14)10-16-7-3-8-20-11-13-4-2-9-21-13/h2,4-6,9,16-17H,3,7-8,10-11H2,1H3. The van der Waals surface area contributed by atoms with Crippen LogP contribution in [0.25, 0.3) is 0 Å². The molecule has 2 aromatic heterocycles. The number of aromatic nitrogens is 1. The first-order chi connectivity index (χ1) is 10.3. The minimum Gasteiger partial charge on any atom is -0.467 e. The van der Waals surface area contributed by atoms with Gasteiger partial charge >= 0.3 is 5.97 Å². The second kappa shape index (κ2) is 8.28. The Morgan fingerprint density at radius 3 is 3.05 bits per heavy atom. The van der Waals surface area contributed by atoms with Crippen LogP contribution in [-0.2, 0) is 22.6 Å². The molecule has 2 rings (SSSR count). The summed E-state index contributed by atoms with van der Waals surface area (Å²) in [6.45, 7) is 2.69. The monoisotopic (exact) mass is 292 g/mol. The van der Waals surface area contributed by atoms with E-state index in [0.29, 0.717) is 25.5 Å². The van der Waals surface area contributed by atoms with E-state index < -0.39 is 0 Å². The number of ether oxygens (including phenoxy) is 2. The van der Waals surface area contributed by atoms with Crippen LogP contribution in [0, 0.1) is 0 Å². The van der Waals surface area contributed by atoms with E-state index in [4.69, 9.17) is 9.15 Å². The van der Waals surface area contributed by atoms with Crippen molar-refractivity contribution in [3.05, 3.63) is 47.7 Å². The maximum absolute atomic E-state index is 11.3. The molecule has 0 spiro atoms. The molecule has 0 radical (unpaired) electrons. The zero-order valence-electron chi connectivity index (χ0n) is 12.1. The average molecular weight is 292 g/mol. The first kappa shape index (κ1) is 15.3. The summed E-state index contributed by atoms with van der Waals surface area (Å²) in [6.07, 6.45) is 2.55. The van der Waals surface area contributed by atoms with Crippen molar-refractivity contribution in [3.8, 4) is 0 Å². The van der Waals surface area contributed by atoms with Crippen LogP contribution in [-0.4, -0.2) is 31.2 Å². The lowest BCUT2D eigenvalue weighted by Gasteiger charge is -2.04. The molecule has 0 atom stereocenters. The van der Waals surface area contributed by atoms with Crippen molar-refractivity contribution in [2.75, 3.05) is 20.3 Å². The molecular formula is C15H20N2O4. The number of carbonyl (C=O) groups is 1. The minimum atomic E-state index is -0.354. The van der Waals surface area contributed by atoms with Crippen LogP contribution in [0.15, 0.2) is 34.9 Å². The van der Waals surface area contributed by atoms with E-state index in [-0.39, 0.29) is 5.97 Å². The van der Waals surface area contributed by atoms with Crippen LogP contribution in [0.4, 0.5) is 0 Å². The van der Waals surface area contributed by atoms with Gasteiger partial charge in [-0.3, -0.25) is 0 Å². The fourth-order valence-corrected chi connectivity index (χ4v) is 1.86. The summed E-state index contributed by atoms with van der Waals surface area (Å²) in [7, 11) is 1.36. The Hall–Kier alpha value is -2.05. The molecule has 0 aliphatic rings. The number of furan rings is 1. The minimum absolute atomic E-state index is 0.354. The quantitative estimate of drug-likeness (QED) is 0.546. The van der Waals surface area contributed by atoms with Crippen LogP contribution >= 0.6 is 0 Å². The molecule has 6 nitrogen and oxygen atoms in total. The number of hydrogen-bond acceptors (Lipinski definition) is 5. The summed E-state index contributed by atoms with van der Waals surface area (Å²) in [4.78, 5) is 14.3. The lowest BCUT2D eigenvalue weighted by atomic mass is 10.4. The first-order valence-corrected chi connectivity index (χ1v) is 6.86. The molecular weight excluding hydrogens is 272 g/mol. The average Bonchev–Trinajstić information content (AvgIpc) is 3.17. The van der Waals surface area contributed by atoms with Crippen LogP contribution in [0.1, 0.15) is 28.4 Å². The molecule has 21 heavy (non-hydrogen) atoms. The normalized spacial score (nSPS) is 10.7. The predicted octanol–water partition coefficient (Wildman–Crippen LogP) is 2.09. The van der Waals surface area contributed by atoms with E-state index in [1.165, 1.54) is 7.11 Å². The van der Waals surface area contributed by atoms with Crippen LogP contribution in [0.5, 0.6) is 0 Å². The van der Waals surface area contributed by atoms with Gasteiger partial charge in [0.1, 0.15) is 18.1 Å². The summed E-state index contributed by atoms with van der Waals surface area (Å²) >= 11 is 0. The third-order valence-corrected chi connectivity index (χ3v) is 2.93. The molecule has 0 amide bonds. The van der Waals surface area contributed by atoms with Crippen molar-refractivity contribution in [1.82, 2.24) is 10.3 Å². The number of methoxy groups -OCH3 is 1. The van der Waals surface area contributed by atoms with Crippen LogP contribution in [0.2, 0.25) is 0 Å². The Morgan fingerprint density at radius 2 is 2.29 bits per heavy atom. The Balaban J connectivity index is 1.53. The van der Waals surface area contributed by atoms with Gasteiger partial charge in [0.15, 0.2) is 0 Å². The van der Waals surface area contributed by atoms with Gasteiger partial charge in [0, 0.05) is 18.8 Å². The van der Waals surface area contributed by atoms with Crippen molar-refractivity contribution in [1.29, 1.82) is 0 Å². The molecule has 2 heterocycles. The van der Waals surface area contributed by atoms with Crippen molar-refractivity contribution < 1.29 is 18.7 Å². The van der Waals surface area contributed by atoms with Gasteiger partial charge in [-0.15, -0.1) is 0 Å². The van der Waals surface area contributed by atoms with Gasteiger partial charge in [0.05, 0.1) is 13.4 Å². The lowest BCUT2D eigenvalue weighted by molar-refractivity contribution is 0.0594. The molecule has 0 saturated heterocycles. The molecule has 0 bridgehead atoms. The van der Waals surface area contributed by atoms with Gasteiger partial charge in [-0.1, -0.05) is 0 Å². The van der Waals surface area contributed by atoms with Gasteiger partial charge < -0.3 is 24.2 Å². The number of aromatic amines is 1. The molecule has 0 aliphatic carbocycles. The molecule has 0 aromatic carbocycles. The Bertz CT molecular complexity index is 534. The highest BCUT2D eigenvalue weighted by atomic mass is 16.5. The second-order valence-electron chi connectivity index (χ2n) is 4.55. The third kappa shape index (κ3) is 5.09.